The first-order chi connectivity index (χ1) is 9.02. The molecule has 0 spiro atoms. The third kappa shape index (κ3) is 2.58. The van der Waals surface area contributed by atoms with Gasteiger partial charge in [-0.05, 0) is 24.3 Å². The van der Waals surface area contributed by atoms with Crippen LogP contribution in [0.15, 0.2) is 30.5 Å². The number of amides is 1. The number of carboxylic acid groups (broad SMARTS) is 1. The van der Waals surface area contributed by atoms with E-state index in [1.54, 1.807) is 6.07 Å². The summed E-state index contributed by atoms with van der Waals surface area (Å²) < 4.78 is 1.32. The molecule has 0 fully saturated rings. The van der Waals surface area contributed by atoms with Crippen LogP contribution in [0.1, 0.15) is 20.8 Å². The summed E-state index contributed by atoms with van der Waals surface area (Å²) in [4.78, 5) is 22.6. The summed E-state index contributed by atoms with van der Waals surface area (Å²) in [5.41, 5.74) is 0.555. The molecule has 0 aliphatic rings. The molecule has 2 N–H and O–H groups in total. The van der Waals surface area contributed by atoms with Crippen molar-refractivity contribution in [2.45, 2.75) is 0 Å². The zero-order chi connectivity index (χ0) is 14.0. The molecule has 2 aromatic rings. The number of carbonyl (C=O) groups excluding carboxylic acids is 1. The first-order valence-corrected chi connectivity index (χ1v) is 5.71. The Balaban J connectivity index is 2.50. The van der Waals surface area contributed by atoms with Crippen molar-refractivity contribution < 1.29 is 14.7 Å². The standard InChI is InChI=1S/C12H10ClN3O3/c1-14-11(17)9-4-5-16(15-9)10-3-2-7(13)6-8(10)12(18)19/h2-6H,1H3,(H,14,17)(H,18,19). The Bertz CT molecular complexity index is 651. The van der Waals surface area contributed by atoms with Crippen LogP contribution in [0.2, 0.25) is 5.02 Å². The maximum atomic E-state index is 11.4. The van der Waals surface area contributed by atoms with Crippen LogP contribution in [0.5, 0.6) is 0 Å². The smallest absolute Gasteiger partial charge is 0.337 e. The van der Waals surface area contributed by atoms with Gasteiger partial charge in [0.2, 0.25) is 0 Å². The second-order valence-electron chi connectivity index (χ2n) is 3.69. The van der Waals surface area contributed by atoms with E-state index in [1.807, 2.05) is 0 Å². The van der Waals surface area contributed by atoms with Crippen molar-refractivity contribution in [1.82, 2.24) is 15.1 Å². The lowest BCUT2D eigenvalue weighted by Gasteiger charge is -2.06. The van der Waals surface area contributed by atoms with Gasteiger partial charge in [-0.3, -0.25) is 4.79 Å². The number of carbonyl (C=O) groups is 2. The monoisotopic (exact) mass is 279 g/mol. The minimum Gasteiger partial charge on any atom is -0.478 e. The molecule has 0 bridgehead atoms. The number of hydrogen-bond donors (Lipinski definition) is 2. The van der Waals surface area contributed by atoms with E-state index in [4.69, 9.17) is 16.7 Å². The molecule has 0 radical (unpaired) electrons. The van der Waals surface area contributed by atoms with Gasteiger partial charge in [0.05, 0.1) is 11.3 Å². The molecule has 0 aliphatic heterocycles. The Hall–Kier alpha value is -2.34. The minimum atomic E-state index is -1.12. The van der Waals surface area contributed by atoms with Gasteiger partial charge in [-0.25, -0.2) is 9.48 Å². The van der Waals surface area contributed by atoms with Gasteiger partial charge in [0, 0.05) is 18.3 Å². The largest absolute Gasteiger partial charge is 0.478 e. The molecule has 6 nitrogen and oxygen atoms in total. The number of benzene rings is 1. The number of rotatable bonds is 3. The van der Waals surface area contributed by atoms with Crippen LogP contribution in [0, 0.1) is 0 Å². The summed E-state index contributed by atoms with van der Waals surface area (Å²) in [6, 6.07) is 5.93. The van der Waals surface area contributed by atoms with E-state index >= 15 is 0 Å². The predicted octanol–water partition coefficient (Wildman–Crippen LogP) is 1.58. The summed E-state index contributed by atoms with van der Waals surface area (Å²) in [6.07, 6.45) is 1.51. The van der Waals surface area contributed by atoms with Gasteiger partial charge in [0.15, 0.2) is 5.69 Å². The lowest BCUT2D eigenvalue weighted by Crippen LogP contribution is -2.18. The van der Waals surface area contributed by atoms with E-state index in [9.17, 15) is 9.59 Å². The van der Waals surface area contributed by atoms with E-state index in [0.717, 1.165) is 0 Å². The van der Waals surface area contributed by atoms with Crippen LogP contribution in [0.4, 0.5) is 0 Å². The number of aromatic carboxylic acids is 1. The SMILES string of the molecule is CNC(=O)c1ccn(-c2ccc(Cl)cc2C(=O)O)n1. The van der Waals surface area contributed by atoms with Crippen LogP contribution in [-0.4, -0.2) is 33.8 Å². The van der Waals surface area contributed by atoms with Gasteiger partial charge in [-0.1, -0.05) is 11.6 Å². The Kier molecular flexibility index (Phi) is 3.52. The summed E-state index contributed by atoms with van der Waals surface area (Å²) in [7, 11) is 1.49. The highest BCUT2D eigenvalue weighted by Crippen LogP contribution is 2.19. The second kappa shape index (κ2) is 5.11. The van der Waals surface area contributed by atoms with Crippen LogP contribution in [0.3, 0.4) is 0 Å². The molecular formula is C12H10ClN3O3. The highest BCUT2D eigenvalue weighted by atomic mass is 35.5. The zero-order valence-corrected chi connectivity index (χ0v) is 10.7. The molecule has 1 amide bonds. The van der Waals surface area contributed by atoms with Gasteiger partial charge < -0.3 is 10.4 Å². The third-order valence-electron chi connectivity index (χ3n) is 2.48. The molecule has 0 saturated heterocycles. The lowest BCUT2D eigenvalue weighted by atomic mass is 10.2. The normalized spacial score (nSPS) is 10.2. The van der Waals surface area contributed by atoms with Gasteiger partial charge in [0.1, 0.15) is 0 Å². The number of nitrogens with one attached hydrogen (secondary N) is 1. The van der Waals surface area contributed by atoms with Gasteiger partial charge >= 0.3 is 5.97 Å². The Morgan fingerprint density at radius 2 is 2.11 bits per heavy atom. The average molecular weight is 280 g/mol. The van der Waals surface area contributed by atoms with Crippen molar-refractivity contribution in [1.29, 1.82) is 0 Å². The van der Waals surface area contributed by atoms with E-state index < -0.39 is 5.97 Å². The van der Waals surface area contributed by atoms with Crippen LogP contribution in [0.25, 0.3) is 5.69 Å². The summed E-state index contributed by atoms with van der Waals surface area (Å²) >= 11 is 5.77. The molecule has 0 aliphatic carbocycles. The van der Waals surface area contributed by atoms with E-state index in [2.05, 4.69) is 10.4 Å². The van der Waals surface area contributed by atoms with E-state index in [0.29, 0.717) is 10.7 Å². The molecule has 1 heterocycles. The molecule has 1 aromatic carbocycles. The summed E-state index contributed by atoms with van der Waals surface area (Å²) in [6.45, 7) is 0. The van der Waals surface area contributed by atoms with Crippen molar-refractivity contribution in [3.05, 3.63) is 46.7 Å². The fourth-order valence-electron chi connectivity index (χ4n) is 1.59. The van der Waals surface area contributed by atoms with Crippen LogP contribution in [-0.2, 0) is 0 Å². The van der Waals surface area contributed by atoms with Crippen molar-refractivity contribution in [3.8, 4) is 5.69 Å². The quantitative estimate of drug-likeness (QED) is 0.893. The molecule has 98 valence electrons. The van der Waals surface area contributed by atoms with Gasteiger partial charge in [-0.2, -0.15) is 5.10 Å². The molecule has 2 rings (SSSR count). The van der Waals surface area contributed by atoms with Crippen molar-refractivity contribution in [2.24, 2.45) is 0 Å². The molecule has 0 atom stereocenters. The van der Waals surface area contributed by atoms with Gasteiger partial charge in [-0.15, -0.1) is 0 Å². The highest BCUT2D eigenvalue weighted by molar-refractivity contribution is 6.31. The molecule has 0 unspecified atom stereocenters. The maximum absolute atomic E-state index is 11.4. The Labute approximate surface area is 113 Å². The van der Waals surface area contributed by atoms with Crippen molar-refractivity contribution >= 4 is 23.5 Å². The number of hydrogen-bond acceptors (Lipinski definition) is 3. The molecule has 0 saturated carbocycles. The topological polar surface area (TPSA) is 84.2 Å². The lowest BCUT2D eigenvalue weighted by molar-refractivity contribution is 0.0696. The highest BCUT2D eigenvalue weighted by Gasteiger charge is 2.15. The summed E-state index contributed by atoms with van der Waals surface area (Å²) in [5, 5.41) is 15.9. The number of halogens is 1. The van der Waals surface area contributed by atoms with Crippen molar-refractivity contribution in [2.75, 3.05) is 7.05 Å². The average Bonchev–Trinajstić information content (AvgIpc) is 2.87. The van der Waals surface area contributed by atoms with E-state index in [1.165, 1.54) is 36.1 Å². The maximum Gasteiger partial charge on any atom is 0.337 e. The first-order valence-electron chi connectivity index (χ1n) is 5.34. The molecular weight excluding hydrogens is 270 g/mol. The fraction of sp³-hybridized carbons (Fsp3) is 0.0833. The Morgan fingerprint density at radius 1 is 1.37 bits per heavy atom. The predicted molar refractivity (Wildman–Crippen MR) is 68.9 cm³/mol. The van der Waals surface area contributed by atoms with Gasteiger partial charge in [0.25, 0.3) is 5.91 Å². The second-order valence-corrected chi connectivity index (χ2v) is 4.13. The summed E-state index contributed by atoms with van der Waals surface area (Å²) in [5.74, 6) is -1.46. The van der Waals surface area contributed by atoms with E-state index in [-0.39, 0.29) is 17.2 Å². The number of carboxylic acids is 1. The number of aromatic nitrogens is 2. The third-order valence-corrected chi connectivity index (χ3v) is 2.72. The molecule has 7 heteroatoms. The van der Waals surface area contributed by atoms with Crippen LogP contribution >= 0.6 is 11.6 Å². The van der Waals surface area contributed by atoms with Crippen LogP contribution < -0.4 is 5.32 Å². The fourth-order valence-corrected chi connectivity index (χ4v) is 1.76. The molecule has 1 aromatic heterocycles. The minimum absolute atomic E-state index is 0.0130. The first kappa shape index (κ1) is 13.1. The zero-order valence-electron chi connectivity index (χ0n) is 9.92. The number of nitrogens with zero attached hydrogens (tertiary/aromatic N) is 2. The van der Waals surface area contributed by atoms with Crippen molar-refractivity contribution in [3.63, 3.8) is 0 Å². The Morgan fingerprint density at radius 3 is 2.74 bits per heavy atom. The molecule has 19 heavy (non-hydrogen) atoms.